The van der Waals surface area contributed by atoms with E-state index in [4.69, 9.17) is 10.5 Å². The molecule has 1 aliphatic rings. The van der Waals surface area contributed by atoms with Gasteiger partial charge in [-0.1, -0.05) is 17.7 Å². The second-order valence-electron chi connectivity index (χ2n) is 6.74. The van der Waals surface area contributed by atoms with Crippen molar-refractivity contribution < 1.29 is 27.5 Å². The van der Waals surface area contributed by atoms with Crippen LogP contribution in [0.5, 0.6) is 0 Å². The summed E-state index contributed by atoms with van der Waals surface area (Å²) in [4.78, 5) is 37.1. The molecule has 28 heavy (non-hydrogen) atoms. The molecular weight excluding hydrogens is 386 g/mol. The van der Waals surface area contributed by atoms with Gasteiger partial charge in [0.2, 0.25) is 15.9 Å². The lowest BCUT2D eigenvalue weighted by atomic mass is 10.0. The van der Waals surface area contributed by atoms with Crippen LogP contribution in [0, 0.1) is 6.92 Å². The number of carbonyl (C=O) groups is 3. The molecule has 1 heterocycles. The van der Waals surface area contributed by atoms with Crippen molar-refractivity contribution in [2.24, 2.45) is 5.73 Å². The Hall–Kier alpha value is -2.46. The number of amides is 2. The van der Waals surface area contributed by atoms with Gasteiger partial charge in [0.15, 0.2) is 6.61 Å². The summed E-state index contributed by atoms with van der Waals surface area (Å²) in [5.74, 6) is -1.98. The number of nitrogens with zero attached hydrogens (tertiary/aromatic N) is 2. The second-order valence-corrected chi connectivity index (χ2v) is 8.78. The predicted molar refractivity (Wildman–Crippen MR) is 101 cm³/mol. The number of benzene rings is 1. The summed E-state index contributed by atoms with van der Waals surface area (Å²) in [5, 5.41) is 0. The van der Waals surface area contributed by atoms with Crippen molar-refractivity contribution in [1.29, 1.82) is 0 Å². The SMILES string of the molecule is Cc1ccc(S(=O)(=O)N(C)CC(=O)OCC(=O)N2CCCC[C@H]2C(N)=O)cc1. The summed E-state index contributed by atoms with van der Waals surface area (Å²) in [5.41, 5.74) is 6.22. The van der Waals surface area contributed by atoms with Gasteiger partial charge in [0.25, 0.3) is 5.91 Å². The van der Waals surface area contributed by atoms with E-state index in [0.717, 1.165) is 22.7 Å². The zero-order valence-corrected chi connectivity index (χ0v) is 16.8. The summed E-state index contributed by atoms with van der Waals surface area (Å²) in [6.45, 7) is 1.09. The summed E-state index contributed by atoms with van der Waals surface area (Å²) in [7, 11) is -2.60. The Morgan fingerprint density at radius 1 is 1.21 bits per heavy atom. The first-order chi connectivity index (χ1) is 13.1. The highest BCUT2D eigenvalue weighted by Crippen LogP contribution is 2.17. The Kier molecular flexibility index (Phi) is 7.14. The average molecular weight is 411 g/mol. The van der Waals surface area contributed by atoms with E-state index in [2.05, 4.69) is 0 Å². The van der Waals surface area contributed by atoms with Gasteiger partial charge in [0.05, 0.1) is 4.90 Å². The van der Waals surface area contributed by atoms with Crippen LogP contribution in [0.1, 0.15) is 24.8 Å². The highest BCUT2D eigenvalue weighted by Gasteiger charge is 2.31. The monoisotopic (exact) mass is 411 g/mol. The third-order valence-electron chi connectivity index (χ3n) is 4.59. The molecule has 0 spiro atoms. The number of carbonyl (C=O) groups excluding carboxylic acids is 3. The number of esters is 1. The molecular formula is C18H25N3O6S. The molecule has 0 bridgehead atoms. The van der Waals surface area contributed by atoms with Crippen molar-refractivity contribution in [3.05, 3.63) is 29.8 Å². The molecule has 0 saturated carbocycles. The van der Waals surface area contributed by atoms with E-state index in [1.807, 2.05) is 6.92 Å². The predicted octanol–water partition coefficient (Wildman–Crippen LogP) is 0.0251. The Balaban J connectivity index is 1.91. The fourth-order valence-corrected chi connectivity index (χ4v) is 4.07. The fraction of sp³-hybridized carbons (Fsp3) is 0.500. The number of rotatable bonds is 7. The molecule has 2 N–H and O–H groups in total. The molecule has 10 heteroatoms. The van der Waals surface area contributed by atoms with Crippen LogP contribution in [0.4, 0.5) is 0 Å². The topological polar surface area (TPSA) is 127 Å². The Morgan fingerprint density at radius 2 is 1.86 bits per heavy atom. The zero-order chi connectivity index (χ0) is 20.9. The molecule has 2 rings (SSSR count). The van der Waals surface area contributed by atoms with Crippen LogP contribution in [-0.4, -0.2) is 68.2 Å². The lowest BCUT2D eigenvalue weighted by Gasteiger charge is -2.33. The van der Waals surface area contributed by atoms with Crippen LogP contribution in [-0.2, 0) is 29.1 Å². The summed E-state index contributed by atoms with van der Waals surface area (Å²) < 4.78 is 30.7. The number of sulfonamides is 1. The maximum atomic E-state index is 12.5. The molecule has 2 amide bonds. The molecule has 154 valence electrons. The van der Waals surface area contributed by atoms with Gasteiger partial charge in [0, 0.05) is 13.6 Å². The number of likely N-dealkylation sites (N-methyl/N-ethyl adjacent to an activating group) is 1. The van der Waals surface area contributed by atoms with Gasteiger partial charge in [-0.2, -0.15) is 4.31 Å². The molecule has 9 nitrogen and oxygen atoms in total. The number of hydrogen-bond donors (Lipinski definition) is 1. The quantitative estimate of drug-likeness (QED) is 0.631. The molecule has 1 aromatic carbocycles. The first kappa shape index (κ1) is 21.8. The van der Waals surface area contributed by atoms with E-state index in [1.165, 1.54) is 24.1 Å². The van der Waals surface area contributed by atoms with Crippen LogP contribution in [0.15, 0.2) is 29.2 Å². The Labute approximate surface area is 164 Å². The van der Waals surface area contributed by atoms with Gasteiger partial charge >= 0.3 is 5.97 Å². The average Bonchev–Trinajstić information content (AvgIpc) is 2.66. The number of likely N-dealkylation sites (tertiary alicyclic amines) is 1. The molecule has 1 fully saturated rings. The number of primary amides is 1. The highest BCUT2D eigenvalue weighted by atomic mass is 32.2. The minimum Gasteiger partial charge on any atom is -0.455 e. The number of piperidine rings is 1. The first-order valence-electron chi connectivity index (χ1n) is 8.90. The molecule has 1 aliphatic heterocycles. The Bertz CT molecular complexity index is 837. The van der Waals surface area contributed by atoms with Crippen LogP contribution in [0.25, 0.3) is 0 Å². The number of aryl methyl sites for hydroxylation is 1. The normalized spacial score (nSPS) is 17.4. The van der Waals surface area contributed by atoms with Crippen LogP contribution in [0.3, 0.4) is 0 Å². The Morgan fingerprint density at radius 3 is 2.46 bits per heavy atom. The van der Waals surface area contributed by atoms with Crippen molar-refractivity contribution in [1.82, 2.24) is 9.21 Å². The highest BCUT2D eigenvalue weighted by molar-refractivity contribution is 7.89. The van der Waals surface area contributed by atoms with Gasteiger partial charge in [-0.15, -0.1) is 0 Å². The van der Waals surface area contributed by atoms with E-state index < -0.39 is 47.0 Å². The molecule has 0 aromatic heterocycles. The van der Waals surface area contributed by atoms with Gasteiger partial charge in [-0.3, -0.25) is 14.4 Å². The number of ether oxygens (including phenoxy) is 1. The first-order valence-corrected chi connectivity index (χ1v) is 10.3. The van der Waals surface area contributed by atoms with E-state index in [0.29, 0.717) is 13.0 Å². The molecule has 0 radical (unpaired) electrons. The largest absolute Gasteiger partial charge is 0.455 e. The third kappa shape index (κ3) is 5.29. The van der Waals surface area contributed by atoms with Crippen LogP contribution < -0.4 is 5.73 Å². The van der Waals surface area contributed by atoms with Gasteiger partial charge < -0.3 is 15.4 Å². The maximum Gasteiger partial charge on any atom is 0.321 e. The standard InChI is InChI=1S/C18H25N3O6S/c1-13-6-8-14(9-7-13)28(25,26)20(2)11-17(23)27-12-16(22)21-10-4-3-5-15(21)18(19)24/h6-9,15H,3-5,10-12H2,1-2H3,(H2,19,24)/t15-/m0/s1. The third-order valence-corrected chi connectivity index (χ3v) is 6.41. The van der Waals surface area contributed by atoms with Crippen molar-refractivity contribution >= 4 is 27.8 Å². The lowest BCUT2D eigenvalue weighted by Crippen LogP contribution is -2.51. The molecule has 1 aromatic rings. The molecule has 0 aliphatic carbocycles. The summed E-state index contributed by atoms with van der Waals surface area (Å²) in [6.07, 6.45) is 2.01. The smallest absolute Gasteiger partial charge is 0.321 e. The lowest BCUT2D eigenvalue weighted by molar-refractivity contribution is -0.154. The van der Waals surface area contributed by atoms with Crippen molar-refractivity contribution in [3.63, 3.8) is 0 Å². The van der Waals surface area contributed by atoms with Gasteiger partial charge in [0.1, 0.15) is 12.6 Å². The summed E-state index contributed by atoms with van der Waals surface area (Å²) in [6, 6.07) is 5.52. The zero-order valence-electron chi connectivity index (χ0n) is 16.0. The number of hydrogen-bond acceptors (Lipinski definition) is 6. The minimum atomic E-state index is -3.85. The maximum absolute atomic E-state index is 12.5. The van der Waals surface area contributed by atoms with Gasteiger partial charge in [-0.25, -0.2) is 8.42 Å². The van der Waals surface area contributed by atoms with Crippen LogP contribution in [0.2, 0.25) is 0 Å². The van der Waals surface area contributed by atoms with Crippen molar-refractivity contribution in [3.8, 4) is 0 Å². The van der Waals surface area contributed by atoms with E-state index >= 15 is 0 Å². The van der Waals surface area contributed by atoms with Crippen molar-refractivity contribution in [2.45, 2.75) is 37.1 Å². The van der Waals surface area contributed by atoms with E-state index in [9.17, 15) is 22.8 Å². The van der Waals surface area contributed by atoms with Crippen LogP contribution >= 0.6 is 0 Å². The molecule has 1 atom stereocenters. The second kappa shape index (κ2) is 9.16. The van der Waals surface area contributed by atoms with E-state index in [1.54, 1.807) is 12.1 Å². The van der Waals surface area contributed by atoms with Crippen molar-refractivity contribution in [2.75, 3.05) is 26.7 Å². The summed E-state index contributed by atoms with van der Waals surface area (Å²) >= 11 is 0. The minimum absolute atomic E-state index is 0.0575. The molecule has 0 unspecified atom stereocenters. The number of nitrogens with two attached hydrogens (primary N) is 1. The van der Waals surface area contributed by atoms with Gasteiger partial charge in [-0.05, 0) is 38.3 Å². The van der Waals surface area contributed by atoms with E-state index in [-0.39, 0.29) is 4.90 Å². The molecule has 1 saturated heterocycles. The fourth-order valence-electron chi connectivity index (χ4n) is 2.95.